The van der Waals surface area contributed by atoms with Crippen molar-refractivity contribution in [2.45, 2.75) is 19.4 Å². The van der Waals surface area contributed by atoms with Crippen LogP contribution in [0.25, 0.3) is 22.0 Å². The third-order valence-corrected chi connectivity index (χ3v) is 5.62. The summed E-state index contributed by atoms with van der Waals surface area (Å²) in [7, 11) is 1.62. The van der Waals surface area contributed by atoms with Crippen LogP contribution in [0.3, 0.4) is 0 Å². The number of hydrogen-bond acceptors (Lipinski definition) is 4. The van der Waals surface area contributed by atoms with Crippen LogP contribution in [-0.2, 0) is 6.42 Å². The number of aromatic nitrogens is 1. The van der Waals surface area contributed by atoms with Gasteiger partial charge in [-0.1, -0.05) is 36.4 Å². The molecule has 1 heterocycles. The minimum Gasteiger partial charge on any atom is -0.497 e. The van der Waals surface area contributed by atoms with Gasteiger partial charge < -0.3 is 24.9 Å². The minimum atomic E-state index is -0.438. The standard InChI is InChI=1S/C27H28N2O4/c1-3-33-26-12-11-19(18-7-6-8-22(14-18)32-2)15-24(26)27(31)29-21(17-30)13-20-16-28-25-10-5-4-9-23(20)25/h4-12,14-16,21,28,30H,3,13,17H2,1-2H3,(H,29,31)/t21-/m1/s1. The first-order valence-electron chi connectivity index (χ1n) is 11.0. The lowest BCUT2D eigenvalue weighted by Crippen LogP contribution is -2.39. The SMILES string of the molecule is CCOc1ccc(-c2cccc(OC)c2)cc1C(=O)N[C@@H](CO)Cc1c[nH]c2ccccc12. The van der Waals surface area contributed by atoms with Gasteiger partial charge in [0.05, 0.1) is 31.9 Å². The first-order valence-corrected chi connectivity index (χ1v) is 11.0. The van der Waals surface area contributed by atoms with Crippen molar-refractivity contribution >= 4 is 16.8 Å². The smallest absolute Gasteiger partial charge is 0.255 e. The zero-order valence-electron chi connectivity index (χ0n) is 18.8. The quantitative estimate of drug-likeness (QED) is 0.353. The van der Waals surface area contributed by atoms with E-state index in [9.17, 15) is 9.90 Å². The third-order valence-electron chi connectivity index (χ3n) is 5.62. The van der Waals surface area contributed by atoms with E-state index in [-0.39, 0.29) is 12.5 Å². The van der Waals surface area contributed by atoms with Crippen LogP contribution in [-0.4, -0.2) is 42.4 Å². The Bertz CT molecular complexity index is 1250. The molecule has 0 saturated heterocycles. The average Bonchev–Trinajstić information content (AvgIpc) is 3.26. The molecule has 0 aliphatic rings. The summed E-state index contributed by atoms with van der Waals surface area (Å²) in [4.78, 5) is 16.5. The van der Waals surface area contributed by atoms with E-state index in [0.717, 1.165) is 33.3 Å². The van der Waals surface area contributed by atoms with Gasteiger partial charge in [-0.2, -0.15) is 0 Å². The summed E-state index contributed by atoms with van der Waals surface area (Å²) >= 11 is 0. The van der Waals surface area contributed by atoms with Gasteiger partial charge in [-0.3, -0.25) is 4.79 Å². The van der Waals surface area contributed by atoms with E-state index in [2.05, 4.69) is 10.3 Å². The van der Waals surface area contributed by atoms with E-state index in [1.165, 1.54) is 0 Å². The maximum Gasteiger partial charge on any atom is 0.255 e. The Labute approximate surface area is 193 Å². The molecule has 1 amide bonds. The second kappa shape index (κ2) is 10.2. The Hall–Kier alpha value is -3.77. The molecule has 1 aromatic heterocycles. The summed E-state index contributed by atoms with van der Waals surface area (Å²) in [5.74, 6) is 0.957. The van der Waals surface area contributed by atoms with Crippen molar-refractivity contribution in [2.75, 3.05) is 20.3 Å². The topological polar surface area (TPSA) is 83.6 Å². The highest BCUT2D eigenvalue weighted by Gasteiger charge is 2.19. The first kappa shape index (κ1) is 22.4. The van der Waals surface area contributed by atoms with E-state index >= 15 is 0 Å². The average molecular weight is 445 g/mol. The summed E-state index contributed by atoms with van der Waals surface area (Å²) < 4.78 is 11.0. The van der Waals surface area contributed by atoms with Crippen LogP contribution in [0.5, 0.6) is 11.5 Å². The largest absolute Gasteiger partial charge is 0.497 e. The number of hydrogen-bond donors (Lipinski definition) is 3. The number of fused-ring (bicyclic) bond motifs is 1. The molecule has 0 bridgehead atoms. The molecule has 170 valence electrons. The summed E-state index contributed by atoms with van der Waals surface area (Å²) in [5, 5.41) is 14.0. The third kappa shape index (κ3) is 5.02. The Morgan fingerprint density at radius 2 is 1.88 bits per heavy atom. The van der Waals surface area contributed by atoms with E-state index in [1.807, 2.05) is 73.8 Å². The predicted octanol–water partition coefficient (Wildman–Crippen LogP) is 4.58. The molecule has 0 spiro atoms. The van der Waals surface area contributed by atoms with E-state index in [4.69, 9.17) is 9.47 Å². The zero-order chi connectivity index (χ0) is 23.2. The molecule has 6 nitrogen and oxygen atoms in total. The molecular formula is C27H28N2O4. The van der Waals surface area contributed by atoms with Crippen LogP contribution in [0.2, 0.25) is 0 Å². The second-order valence-electron chi connectivity index (χ2n) is 7.79. The number of carbonyl (C=O) groups excluding carboxylic acids is 1. The van der Waals surface area contributed by atoms with Crippen molar-refractivity contribution in [3.05, 3.63) is 84.1 Å². The number of aromatic amines is 1. The summed E-state index contributed by atoms with van der Waals surface area (Å²) in [6, 6.07) is 20.8. The number of nitrogens with one attached hydrogen (secondary N) is 2. The van der Waals surface area contributed by atoms with Gasteiger partial charge in [0.25, 0.3) is 5.91 Å². The lowest BCUT2D eigenvalue weighted by Gasteiger charge is -2.18. The number of carbonyl (C=O) groups is 1. The van der Waals surface area contributed by atoms with Gasteiger partial charge in [-0.05, 0) is 60.4 Å². The highest BCUT2D eigenvalue weighted by Crippen LogP contribution is 2.29. The lowest BCUT2D eigenvalue weighted by atomic mass is 10.0. The Morgan fingerprint density at radius 3 is 2.67 bits per heavy atom. The molecule has 4 rings (SSSR count). The number of ether oxygens (including phenoxy) is 2. The molecular weight excluding hydrogens is 416 g/mol. The van der Waals surface area contributed by atoms with Crippen LogP contribution in [0.4, 0.5) is 0 Å². The van der Waals surface area contributed by atoms with Crippen molar-refractivity contribution in [1.29, 1.82) is 0 Å². The molecule has 3 N–H and O–H groups in total. The highest BCUT2D eigenvalue weighted by molar-refractivity contribution is 5.98. The molecule has 1 atom stereocenters. The number of H-pyrrole nitrogens is 1. The van der Waals surface area contributed by atoms with Crippen molar-refractivity contribution in [3.63, 3.8) is 0 Å². The number of para-hydroxylation sites is 1. The van der Waals surface area contributed by atoms with Gasteiger partial charge >= 0.3 is 0 Å². The van der Waals surface area contributed by atoms with Gasteiger partial charge in [-0.25, -0.2) is 0 Å². The second-order valence-corrected chi connectivity index (χ2v) is 7.79. The molecule has 0 fully saturated rings. The summed E-state index contributed by atoms with van der Waals surface area (Å²) in [6.45, 7) is 2.15. The fraction of sp³-hybridized carbons (Fsp3) is 0.222. The van der Waals surface area contributed by atoms with Crippen molar-refractivity contribution in [3.8, 4) is 22.6 Å². The zero-order valence-corrected chi connectivity index (χ0v) is 18.8. The van der Waals surface area contributed by atoms with E-state index in [0.29, 0.717) is 24.3 Å². The number of amides is 1. The monoisotopic (exact) mass is 444 g/mol. The number of benzene rings is 3. The molecule has 0 unspecified atom stereocenters. The van der Waals surface area contributed by atoms with Gasteiger partial charge in [-0.15, -0.1) is 0 Å². The molecule has 0 aliphatic heterocycles. The van der Waals surface area contributed by atoms with Crippen molar-refractivity contribution < 1.29 is 19.4 Å². The predicted molar refractivity (Wildman–Crippen MR) is 130 cm³/mol. The molecule has 0 aliphatic carbocycles. The number of rotatable bonds is 9. The van der Waals surface area contributed by atoms with Gasteiger partial charge in [0.1, 0.15) is 11.5 Å². The molecule has 3 aromatic carbocycles. The Balaban J connectivity index is 1.59. The summed E-state index contributed by atoms with van der Waals surface area (Å²) in [6.07, 6.45) is 2.43. The van der Waals surface area contributed by atoms with Crippen molar-refractivity contribution in [2.24, 2.45) is 0 Å². The van der Waals surface area contributed by atoms with Crippen LogP contribution in [0.1, 0.15) is 22.8 Å². The highest BCUT2D eigenvalue weighted by atomic mass is 16.5. The molecule has 0 saturated carbocycles. The van der Waals surface area contributed by atoms with Crippen molar-refractivity contribution in [1.82, 2.24) is 10.3 Å². The van der Waals surface area contributed by atoms with Gasteiger partial charge in [0.2, 0.25) is 0 Å². The molecule has 6 heteroatoms. The van der Waals surface area contributed by atoms with E-state index < -0.39 is 6.04 Å². The van der Waals surface area contributed by atoms with E-state index in [1.54, 1.807) is 13.2 Å². The maximum atomic E-state index is 13.3. The molecule has 4 aromatic rings. The molecule has 0 radical (unpaired) electrons. The Kier molecular flexibility index (Phi) is 6.95. The summed E-state index contributed by atoms with van der Waals surface area (Å²) in [5.41, 5.74) is 4.30. The van der Waals surface area contributed by atoms with Gasteiger partial charge in [0.15, 0.2) is 0 Å². The van der Waals surface area contributed by atoms with Crippen LogP contribution in [0, 0.1) is 0 Å². The number of methoxy groups -OCH3 is 1. The lowest BCUT2D eigenvalue weighted by molar-refractivity contribution is 0.0913. The van der Waals surface area contributed by atoms with Crippen LogP contribution in [0.15, 0.2) is 72.9 Å². The minimum absolute atomic E-state index is 0.176. The Morgan fingerprint density at radius 1 is 1.06 bits per heavy atom. The normalized spacial score (nSPS) is 11.8. The number of aliphatic hydroxyl groups excluding tert-OH is 1. The van der Waals surface area contributed by atoms with Crippen LogP contribution >= 0.6 is 0 Å². The number of aliphatic hydroxyl groups is 1. The first-order chi connectivity index (χ1) is 16.1. The fourth-order valence-corrected chi connectivity index (χ4v) is 3.96. The maximum absolute atomic E-state index is 13.3. The van der Waals surface area contributed by atoms with Gasteiger partial charge in [0, 0.05) is 17.1 Å². The fourth-order valence-electron chi connectivity index (χ4n) is 3.96. The van der Waals surface area contributed by atoms with Crippen LogP contribution < -0.4 is 14.8 Å². The molecule has 33 heavy (non-hydrogen) atoms.